The molecule has 1 aromatic heterocycles. The fraction of sp³-hybridized carbons (Fsp3) is 0.538. The Morgan fingerprint density at radius 2 is 2.38 bits per heavy atom. The molecule has 0 saturated carbocycles. The normalized spacial score (nSPS) is 20.1. The van der Waals surface area contributed by atoms with Gasteiger partial charge in [-0.1, -0.05) is 6.92 Å². The van der Waals surface area contributed by atoms with Crippen LogP contribution in [0.5, 0.6) is 0 Å². The second-order valence-corrected chi connectivity index (χ2v) is 4.36. The van der Waals surface area contributed by atoms with Gasteiger partial charge in [0, 0.05) is 24.3 Å². The van der Waals surface area contributed by atoms with Crippen molar-refractivity contribution in [3.63, 3.8) is 0 Å². The van der Waals surface area contributed by atoms with Crippen molar-refractivity contribution in [3.05, 3.63) is 23.9 Å². The zero-order valence-corrected chi connectivity index (χ0v) is 9.94. The first-order valence-corrected chi connectivity index (χ1v) is 5.96. The van der Waals surface area contributed by atoms with Crippen LogP contribution in [-0.4, -0.2) is 23.4 Å². The van der Waals surface area contributed by atoms with Crippen LogP contribution in [-0.2, 0) is 0 Å². The van der Waals surface area contributed by atoms with E-state index in [1.165, 1.54) is 12.8 Å². The van der Waals surface area contributed by atoms with Crippen molar-refractivity contribution < 1.29 is 4.79 Å². The fourth-order valence-corrected chi connectivity index (χ4v) is 2.33. The largest absolute Gasteiger partial charge is 0.354 e. The van der Waals surface area contributed by atoms with Gasteiger partial charge in [0.05, 0.1) is 0 Å². The topological polar surface area (TPSA) is 33.2 Å². The summed E-state index contributed by atoms with van der Waals surface area (Å²) >= 11 is 0. The Bertz CT molecular complexity index is 372. The maximum Gasteiger partial charge on any atom is 0.161 e. The summed E-state index contributed by atoms with van der Waals surface area (Å²) in [4.78, 5) is 17.9. The number of hydrogen-bond acceptors (Lipinski definition) is 3. The maximum atomic E-state index is 11.1. The number of nitrogens with zero attached hydrogens (tertiary/aromatic N) is 2. The van der Waals surface area contributed by atoms with E-state index in [2.05, 4.69) is 16.8 Å². The highest BCUT2D eigenvalue weighted by atomic mass is 16.1. The van der Waals surface area contributed by atoms with E-state index in [-0.39, 0.29) is 5.78 Å². The Balaban J connectivity index is 2.18. The van der Waals surface area contributed by atoms with E-state index in [0.29, 0.717) is 11.6 Å². The van der Waals surface area contributed by atoms with Crippen LogP contribution < -0.4 is 4.90 Å². The lowest BCUT2D eigenvalue weighted by atomic mass is 10.1. The van der Waals surface area contributed by atoms with Gasteiger partial charge in [-0.05, 0) is 38.3 Å². The van der Waals surface area contributed by atoms with Crippen molar-refractivity contribution in [1.29, 1.82) is 0 Å². The van der Waals surface area contributed by atoms with E-state index < -0.39 is 0 Å². The van der Waals surface area contributed by atoms with E-state index in [4.69, 9.17) is 0 Å². The molecule has 1 atom stereocenters. The predicted octanol–water partition coefficient (Wildman–Crippen LogP) is 2.66. The number of hydrogen-bond donors (Lipinski definition) is 0. The van der Waals surface area contributed by atoms with Crippen molar-refractivity contribution >= 4 is 11.6 Å². The number of Topliss-reactive ketones (excluding diaryl/α,β-unsaturated/α-hetero) is 1. The summed E-state index contributed by atoms with van der Waals surface area (Å²) in [6, 6.07) is 4.45. The first kappa shape index (κ1) is 11.1. The smallest absolute Gasteiger partial charge is 0.161 e. The van der Waals surface area contributed by atoms with Crippen LogP contribution >= 0.6 is 0 Å². The summed E-state index contributed by atoms with van der Waals surface area (Å²) in [5.74, 6) is 1.09. The average molecular weight is 218 g/mol. The molecule has 1 aliphatic heterocycles. The average Bonchev–Trinajstić information content (AvgIpc) is 2.77. The summed E-state index contributed by atoms with van der Waals surface area (Å²) in [6.45, 7) is 4.87. The van der Waals surface area contributed by atoms with Gasteiger partial charge in [-0.3, -0.25) is 4.79 Å². The van der Waals surface area contributed by atoms with Crippen molar-refractivity contribution in [1.82, 2.24) is 4.98 Å². The van der Waals surface area contributed by atoms with Crippen molar-refractivity contribution in [2.24, 2.45) is 0 Å². The quantitative estimate of drug-likeness (QED) is 0.731. The molecule has 1 aliphatic rings. The summed E-state index contributed by atoms with van der Waals surface area (Å²) in [7, 11) is 0. The molecule has 3 heteroatoms. The molecule has 2 heterocycles. The molecule has 0 aliphatic carbocycles. The molecule has 3 nitrogen and oxygen atoms in total. The Kier molecular flexibility index (Phi) is 3.22. The van der Waals surface area contributed by atoms with Gasteiger partial charge < -0.3 is 4.90 Å². The van der Waals surface area contributed by atoms with Gasteiger partial charge in [-0.2, -0.15) is 0 Å². The summed E-state index contributed by atoms with van der Waals surface area (Å²) in [5.41, 5.74) is 0.691. The number of carbonyl (C=O) groups is 1. The maximum absolute atomic E-state index is 11.1. The van der Waals surface area contributed by atoms with E-state index in [1.807, 2.05) is 12.1 Å². The molecule has 16 heavy (non-hydrogen) atoms. The number of aromatic nitrogens is 1. The third-order valence-electron chi connectivity index (χ3n) is 3.30. The molecule has 1 unspecified atom stereocenters. The summed E-state index contributed by atoms with van der Waals surface area (Å²) in [5, 5.41) is 0. The standard InChI is InChI=1S/C13H18N2O/c1-3-12-5-4-8-15(12)13-7-6-11(9-14-13)10(2)16/h6-7,9,12H,3-5,8H2,1-2H3. The Hall–Kier alpha value is -1.38. The van der Waals surface area contributed by atoms with E-state index in [1.54, 1.807) is 13.1 Å². The lowest BCUT2D eigenvalue weighted by Crippen LogP contribution is -2.29. The Labute approximate surface area is 96.5 Å². The SMILES string of the molecule is CCC1CCCN1c1ccc(C(C)=O)cn1. The number of rotatable bonds is 3. The summed E-state index contributed by atoms with van der Waals surface area (Å²) < 4.78 is 0. The minimum atomic E-state index is 0.0764. The van der Waals surface area contributed by atoms with Gasteiger partial charge >= 0.3 is 0 Å². The van der Waals surface area contributed by atoms with E-state index in [0.717, 1.165) is 18.8 Å². The van der Waals surface area contributed by atoms with E-state index >= 15 is 0 Å². The summed E-state index contributed by atoms with van der Waals surface area (Å²) in [6.07, 6.45) is 5.35. The minimum Gasteiger partial charge on any atom is -0.354 e. The molecule has 1 saturated heterocycles. The highest BCUT2D eigenvalue weighted by molar-refractivity contribution is 5.93. The molecule has 2 rings (SSSR count). The lowest BCUT2D eigenvalue weighted by molar-refractivity contribution is 0.101. The van der Waals surface area contributed by atoms with Crippen molar-refractivity contribution in [3.8, 4) is 0 Å². The Morgan fingerprint density at radius 1 is 1.56 bits per heavy atom. The monoisotopic (exact) mass is 218 g/mol. The van der Waals surface area contributed by atoms with Crippen LogP contribution in [0.25, 0.3) is 0 Å². The molecule has 0 bridgehead atoms. The van der Waals surface area contributed by atoms with E-state index in [9.17, 15) is 4.79 Å². The van der Waals surface area contributed by atoms with Gasteiger partial charge in [0.15, 0.2) is 5.78 Å². The van der Waals surface area contributed by atoms with Crippen molar-refractivity contribution in [2.45, 2.75) is 39.2 Å². The van der Waals surface area contributed by atoms with Crippen LogP contribution in [0.1, 0.15) is 43.5 Å². The van der Waals surface area contributed by atoms with Crippen molar-refractivity contribution in [2.75, 3.05) is 11.4 Å². The highest BCUT2D eigenvalue weighted by Crippen LogP contribution is 2.25. The highest BCUT2D eigenvalue weighted by Gasteiger charge is 2.23. The molecular formula is C13H18N2O. The first-order valence-electron chi connectivity index (χ1n) is 5.96. The number of carbonyl (C=O) groups excluding carboxylic acids is 1. The first-order chi connectivity index (χ1) is 7.72. The zero-order chi connectivity index (χ0) is 11.5. The van der Waals surface area contributed by atoms with Gasteiger partial charge in [0.2, 0.25) is 0 Å². The molecule has 0 aromatic carbocycles. The van der Waals surface area contributed by atoms with Crippen LogP contribution in [0.3, 0.4) is 0 Å². The van der Waals surface area contributed by atoms with Crippen LogP contribution in [0, 0.1) is 0 Å². The van der Waals surface area contributed by atoms with Gasteiger partial charge in [-0.25, -0.2) is 4.98 Å². The molecule has 1 aromatic rings. The second-order valence-electron chi connectivity index (χ2n) is 4.36. The number of pyridine rings is 1. The molecule has 0 N–H and O–H groups in total. The molecule has 0 radical (unpaired) electrons. The van der Waals surface area contributed by atoms with Gasteiger partial charge in [0.1, 0.15) is 5.82 Å². The number of anilines is 1. The minimum absolute atomic E-state index is 0.0764. The van der Waals surface area contributed by atoms with Crippen LogP contribution in [0.2, 0.25) is 0 Å². The third kappa shape index (κ3) is 2.08. The third-order valence-corrected chi connectivity index (χ3v) is 3.30. The lowest BCUT2D eigenvalue weighted by Gasteiger charge is -2.24. The predicted molar refractivity (Wildman–Crippen MR) is 64.9 cm³/mol. The molecule has 1 fully saturated rings. The molecular weight excluding hydrogens is 200 g/mol. The second kappa shape index (κ2) is 4.64. The van der Waals surface area contributed by atoms with Crippen LogP contribution in [0.4, 0.5) is 5.82 Å². The van der Waals surface area contributed by atoms with Gasteiger partial charge in [-0.15, -0.1) is 0 Å². The molecule has 86 valence electrons. The van der Waals surface area contributed by atoms with Crippen LogP contribution in [0.15, 0.2) is 18.3 Å². The Morgan fingerprint density at radius 3 is 2.94 bits per heavy atom. The molecule has 0 spiro atoms. The zero-order valence-electron chi connectivity index (χ0n) is 9.94. The molecule has 0 amide bonds. The van der Waals surface area contributed by atoms with Gasteiger partial charge in [0.25, 0.3) is 0 Å². The number of ketones is 1. The fourth-order valence-electron chi connectivity index (χ4n) is 2.33.